The number of ether oxygens (including phenoxy) is 3. The zero-order valence-electron chi connectivity index (χ0n) is 25.2. The minimum atomic E-state index is -0.136. The van der Waals surface area contributed by atoms with Crippen LogP contribution in [0.2, 0.25) is 0 Å². The van der Waals surface area contributed by atoms with Gasteiger partial charge in [-0.25, -0.2) is 0 Å². The molecular formula is C34H39N3O6. The van der Waals surface area contributed by atoms with Crippen molar-refractivity contribution >= 4 is 5.91 Å². The standard InChI is InChI=1S/C34H39N3O6/c1-23-33(25(3)43-35-23)28-7-8-31-29(19-28)18-26-5-4-6-27(17-26)21-37(11-14-40-15-16-41-31)34(38)32-20-30(24(2)42-32)22-36-9-12-39-13-10-36/h4-8,17,19-20H,9-16,18,21-22H2,1-3H3. The Kier molecular flexibility index (Phi) is 8.92. The molecule has 4 heterocycles. The second kappa shape index (κ2) is 13.2. The molecule has 2 aromatic carbocycles. The van der Waals surface area contributed by atoms with E-state index in [0.717, 1.165) is 89.2 Å². The van der Waals surface area contributed by atoms with Crippen molar-refractivity contribution in [2.45, 2.75) is 40.3 Å². The van der Waals surface area contributed by atoms with Crippen LogP contribution in [-0.4, -0.2) is 73.5 Å². The third-order valence-corrected chi connectivity index (χ3v) is 8.15. The second-order valence-electron chi connectivity index (χ2n) is 11.3. The first-order chi connectivity index (χ1) is 20.9. The molecule has 2 aliphatic rings. The highest BCUT2D eigenvalue weighted by Gasteiger charge is 2.23. The molecule has 1 saturated heterocycles. The molecule has 9 heteroatoms. The molecule has 0 atom stereocenters. The summed E-state index contributed by atoms with van der Waals surface area (Å²) >= 11 is 0. The maximum atomic E-state index is 13.8. The number of furan rings is 1. The van der Waals surface area contributed by atoms with Crippen LogP contribution in [0.3, 0.4) is 0 Å². The molecule has 0 N–H and O–H groups in total. The lowest BCUT2D eigenvalue weighted by Crippen LogP contribution is -2.35. The van der Waals surface area contributed by atoms with Crippen molar-refractivity contribution < 1.29 is 27.9 Å². The molecule has 2 aromatic heterocycles. The zero-order valence-corrected chi connectivity index (χ0v) is 25.2. The Morgan fingerprint density at radius 3 is 2.47 bits per heavy atom. The molecule has 0 saturated carbocycles. The average Bonchev–Trinajstić information content (AvgIpc) is 3.54. The minimum absolute atomic E-state index is 0.136. The maximum Gasteiger partial charge on any atom is 0.289 e. The fourth-order valence-electron chi connectivity index (χ4n) is 5.87. The van der Waals surface area contributed by atoms with E-state index in [1.54, 1.807) is 0 Å². The minimum Gasteiger partial charge on any atom is -0.491 e. The van der Waals surface area contributed by atoms with E-state index in [0.29, 0.717) is 45.1 Å². The number of nitrogens with zero attached hydrogens (tertiary/aromatic N) is 3. The topological polar surface area (TPSA) is 90.4 Å². The number of morpholine rings is 1. The highest BCUT2D eigenvalue weighted by molar-refractivity contribution is 5.91. The Morgan fingerprint density at radius 1 is 0.860 bits per heavy atom. The van der Waals surface area contributed by atoms with Gasteiger partial charge in [0.1, 0.15) is 23.9 Å². The smallest absolute Gasteiger partial charge is 0.289 e. The Hall–Kier alpha value is -3.92. The van der Waals surface area contributed by atoms with Gasteiger partial charge in [0.2, 0.25) is 0 Å². The Labute approximate surface area is 252 Å². The van der Waals surface area contributed by atoms with E-state index in [2.05, 4.69) is 40.4 Å². The average molecular weight is 586 g/mol. The quantitative estimate of drug-likeness (QED) is 0.317. The summed E-state index contributed by atoms with van der Waals surface area (Å²) in [5.41, 5.74) is 7.21. The van der Waals surface area contributed by atoms with Crippen molar-refractivity contribution in [3.63, 3.8) is 0 Å². The second-order valence-corrected chi connectivity index (χ2v) is 11.3. The molecule has 0 aliphatic carbocycles. The maximum absolute atomic E-state index is 13.8. The highest BCUT2D eigenvalue weighted by atomic mass is 16.5. The molecule has 43 heavy (non-hydrogen) atoms. The predicted molar refractivity (Wildman–Crippen MR) is 161 cm³/mol. The van der Waals surface area contributed by atoms with Crippen molar-refractivity contribution in [1.82, 2.24) is 15.0 Å². The van der Waals surface area contributed by atoms with Crippen LogP contribution in [0.25, 0.3) is 11.1 Å². The summed E-state index contributed by atoms with van der Waals surface area (Å²) < 4.78 is 29.0. The monoisotopic (exact) mass is 585 g/mol. The van der Waals surface area contributed by atoms with Gasteiger partial charge >= 0.3 is 0 Å². The Morgan fingerprint density at radius 2 is 1.65 bits per heavy atom. The third kappa shape index (κ3) is 6.85. The van der Waals surface area contributed by atoms with Gasteiger partial charge in [-0.05, 0) is 61.2 Å². The van der Waals surface area contributed by atoms with E-state index in [9.17, 15) is 4.79 Å². The summed E-state index contributed by atoms with van der Waals surface area (Å²) in [6.07, 6.45) is 0.678. The zero-order chi connectivity index (χ0) is 29.8. The van der Waals surface area contributed by atoms with E-state index in [1.807, 2.05) is 43.9 Å². The molecule has 1 amide bonds. The van der Waals surface area contributed by atoms with Gasteiger partial charge in [-0.1, -0.05) is 35.5 Å². The fourth-order valence-corrected chi connectivity index (χ4v) is 5.87. The Balaban J connectivity index is 1.24. The number of hydrogen-bond donors (Lipinski definition) is 0. The van der Waals surface area contributed by atoms with Crippen LogP contribution in [0.1, 0.15) is 50.0 Å². The van der Waals surface area contributed by atoms with E-state index in [-0.39, 0.29) is 5.91 Å². The van der Waals surface area contributed by atoms with Gasteiger partial charge in [0.15, 0.2) is 5.76 Å². The molecular weight excluding hydrogens is 546 g/mol. The van der Waals surface area contributed by atoms with E-state index in [4.69, 9.17) is 23.2 Å². The lowest BCUT2D eigenvalue weighted by atomic mass is 9.96. The van der Waals surface area contributed by atoms with Crippen LogP contribution < -0.4 is 4.74 Å². The largest absolute Gasteiger partial charge is 0.491 e. The number of hydrogen-bond acceptors (Lipinski definition) is 8. The Bertz CT molecular complexity index is 1550. The van der Waals surface area contributed by atoms with E-state index < -0.39 is 0 Å². The van der Waals surface area contributed by atoms with E-state index in [1.165, 1.54) is 0 Å². The number of fused-ring (bicyclic) bond motifs is 3. The first-order valence-corrected chi connectivity index (χ1v) is 15.0. The molecule has 4 aromatic rings. The first kappa shape index (κ1) is 29.2. The van der Waals surface area contributed by atoms with Gasteiger partial charge < -0.3 is 28.1 Å². The van der Waals surface area contributed by atoms with Crippen molar-refractivity contribution in [1.29, 1.82) is 0 Å². The van der Waals surface area contributed by atoms with Gasteiger partial charge in [0.05, 0.1) is 32.1 Å². The molecule has 1 fully saturated rings. The molecule has 2 aliphatic heterocycles. The SMILES string of the molecule is Cc1noc(C)c1-c1ccc2c(c1)Cc1cccc(c1)CN(C(=O)c1cc(CN3CCOCC3)c(C)o1)CCOCCO2. The molecule has 0 unspecified atom stereocenters. The van der Waals surface area contributed by atoms with Crippen LogP contribution in [0, 0.1) is 20.8 Å². The predicted octanol–water partition coefficient (Wildman–Crippen LogP) is 5.33. The number of aryl methyl sites for hydroxylation is 3. The summed E-state index contributed by atoms with van der Waals surface area (Å²) in [5.74, 6) is 2.63. The van der Waals surface area contributed by atoms with Gasteiger partial charge in [-0.15, -0.1) is 0 Å². The summed E-state index contributed by atoms with van der Waals surface area (Å²) in [4.78, 5) is 17.9. The highest BCUT2D eigenvalue weighted by Crippen LogP contribution is 2.32. The van der Waals surface area contributed by atoms with Gasteiger partial charge in [0, 0.05) is 50.3 Å². The van der Waals surface area contributed by atoms with Crippen LogP contribution in [-0.2, 0) is 29.0 Å². The number of rotatable bonds is 4. The third-order valence-electron chi connectivity index (χ3n) is 8.15. The van der Waals surface area contributed by atoms with Crippen LogP contribution in [0.15, 0.2) is 57.5 Å². The summed E-state index contributed by atoms with van der Waals surface area (Å²) in [6.45, 7) is 11.9. The van der Waals surface area contributed by atoms with Crippen molar-refractivity contribution in [2.24, 2.45) is 0 Å². The van der Waals surface area contributed by atoms with Gasteiger partial charge in [-0.2, -0.15) is 0 Å². The number of carbonyl (C=O) groups is 1. The van der Waals surface area contributed by atoms with Gasteiger partial charge in [-0.3, -0.25) is 9.69 Å². The van der Waals surface area contributed by atoms with Crippen LogP contribution in [0.5, 0.6) is 5.75 Å². The summed E-state index contributed by atoms with van der Waals surface area (Å²) in [6, 6.07) is 16.5. The van der Waals surface area contributed by atoms with Crippen molar-refractivity contribution in [3.8, 4) is 16.9 Å². The van der Waals surface area contributed by atoms with Crippen LogP contribution >= 0.6 is 0 Å². The molecule has 226 valence electrons. The van der Waals surface area contributed by atoms with Crippen LogP contribution in [0.4, 0.5) is 0 Å². The molecule has 0 radical (unpaired) electrons. The number of amides is 1. The fraction of sp³-hybridized carbons (Fsp3) is 0.412. The summed E-state index contributed by atoms with van der Waals surface area (Å²) in [5, 5.41) is 4.13. The lowest BCUT2D eigenvalue weighted by Gasteiger charge is -2.26. The summed E-state index contributed by atoms with van der Waals surface area (Å²) in [7, 11) is 0. The molecule has 2 bridgehead atoms. The molecule has 6 rings (SSSR count). The van der Waals surface area contributed by atoms with Crippen molar-refractivity contribution in [3.05, 3.63) is 93.8 Å². The number of benzene rings is 2. The van der Waals surface area contributed by atoms with Crippen molar-refractivity contribution in [2.75, 3.05) is 52.7 Å². The number of carbonyl (C=O) groups excluding carboxylic acids is 1. The lowest BCUT2D eigenvalue weighted by molar-refractivity contribution is 0.0340. The van der Waals surface area contributed by atoms with E-state index >= 15 is 0 Å². The first-order valence-electron chi connectivity index (χ1n) is 15.0. The normalized spacial score (nSPS) is 16.8. The van der Waals surface area contributed by atoms with Gasteiger partial charge in [0.25, 0.3) is 5.91 Å². The number of aromatic nitrogens is 1. The molecule has 0 spiro atoms. The molecule has 9 nitrogen and oxygen atoms in total.